The second-order valence-corrected chi connectivity index (χ2v) is 9.56. The normalized spacial score (nSPS) is 23.9. The number of hydrogen-bond acceptors (Lipinski definition) is 4. The molecular weight excluding hydrogens is 501 g/mol. The van der Waals surface area contributed by atoms with E-state index in [0.717, 1.165) is 25.6 Å². The van der Waals surface area contributed by atoms with Crippen LogP contribution in [0.2, 0.25) is 0 Å². The highest BCUT2D eigenvalue weighted by Gasteiger charge is 2.33. The maximum atomic E-state index is 5.90. The molecule has 176 valence electrons. The first kappa shape index (κ1) is 26.2. The molecule has 2 aliphatic rings. The summed E-state index contributed by atoms with van der Waals surface area (Å²) in [7, 11) is 1.84. The van der Waals surface area contributed by atoms with Crippen LogP contribution in [0.1, 0.15) is 59.1 Å². The van der Waals surface area contributed by atoms with Crippen LogP contribution in [0.15, 0.2) is 29.3 Å². The first-order valence-corrected chi connectivity index (χ1v) is 11.5. The third kappa shape index (κ3) is 7.22. The van der Waals surface area contributed by atoms with Gasteiger partial charge in [-0.05, 0) is 65.2 Å². The van der Waals surface area contributed by atoms with Crippen molar-refractivity contribution in [3.05, 3.63) is 29.8 Å². The average Bonchev–Trinajstić information content (AvgIpc) is 3.25. The molecule has 31 heavy (non-hydrogen) atoms. The molecule has 0 bridgehead atoms. The van der Waals surface area contributed by atoms with Gasteiger partial charge < -0.3 is 20.3 Å². The molecule has 7 heteroatoms. The van der Waals surface area contributed by atoms with Crippen molar-refractivity contribution in [2.75, 3.05) is 44.7 Å². The first-order valence-electron chi connectivity index (χ1n) is 11.5. The average molecular weight is 544 g/mol. The van der Waals surface area contributed by atoms with Crippen molar-refractivity contribution in [2.24, 2.45) is 4.99 Å². The molecular formula is C24H42IN5O. The highest BCUT2D eigenvalue weighted by molar-refractivity contribution is 14.0. The number of ether oxygens (including phenoxy) is 1. The van der Waals surface area contributed by atoms with E-state index in [1.54, 1.807) is 0 Å². The van der Waals surface area contributed by atoms with E-state index in [-0.39, 0.29) is 47.8 Å². The summed E-state index contributed by atoms with van der Waals surface area (Å²) < 4.78 is 5.90. The maximum absolute atomic E-state index is 5.90. The molecule has 3 atom stereocenters. The summed E-state index contributed by atoms with van der Waals surface area (Å²) in [4.78, 5) is 9.48. The fraction of sp³-hybridized carbons (Fsp3) is 0.708. The third-order valence-corrected chi connectivity index (χ3v) is 6.38. The summed E-state index contributed by atoms with van der Waals surface area (Å²) in [6, 6.07) is 9.09. The van der Waals surface area contributed by atoms with Gasteiger partial charge in [0.05, 0.1) is 18.2 Å². The number of nitrogens with zero attached hydrogens (tertiary/aromatic N) is 3. The van der Waals surface area contributed by atoms with E-state index in [9.17, 15) is 0 Å². The molecule has 2 N–H and O–H groups in total. The van der Waals surface area contributed by atoms with Crippen molar-refractivity contribution >= 4 is 35.6 Å². The van der Waals surface area contributed by atoms with E-state index in [0.29, 0.717) is 0 Å². The highest BCUT2D eigenvalue weighted by Crippen LogP contribution is 2.24. The Morgan fingerprint density at radius 1 is 1.19 bits per heavy atom. The van der Waals surface area contributed by atoms with Gasteiger partial charge in [-0.3, -0.25) is 9.89 Å². The second-order valence-electron chi connectivity index (χ2n) is 9.56. The van der Waals surface area contributed by atoms with E-state index < -0.39 is 0 Å². The largest absolute Gasteiger partial charge is 0.373 e. The van der Waals surface area contributed by atoms with Crippen LogP contribution in [0.3, 0.4) is 0 Å². The van der Waals surface area contributed by atoms with Crippen molar-refractivity contribution in [3.63, 3.8) is 0 Å². The van der Waals surface area contributed by atoms with Crippen LogP contribution in [-0.4, -0.2) is 68.4 Å². The fourth-order valence-corrected chi connectivity index (χ4v) is 4.53. The van der Waals surface area contributed by atoms with Gasteiger partial charge in [0.2, 0.25) is 0 Å². The van der Waals surface area contributed by atoms with E-state index in [4.69, 9.17) is 4.74 Å². The fourth-order valence-electron chi connectivity index (χ4n) is 4.53. The van der Waals surface area contributed by atoms with Crippen LogP contribution in [-0.2, 0) is 4.74 Å². The van der Waals surface area contributed by atoms with Gasteiger partial charge in [0, 0.05) is 51.0 Å². The van der Waals surface area contributed by atoms with Crippen molar-refractivity contribution in [2.45, 2.75) is 71.2 Å². The van der Waals surface area contributed by atoms with Gasteiger partial charge in [-0.2, -0.15) is 0 Å². The molecule has 3 rings (SSSR count). The minimum atomic E-state index is 0. The quantitative estimate of drug-likeness (QED) is 0.323. The van der Waals surface area contributed by atoms with Gasteiger partial charge in [0.25, 0.3) is 0 Å². The molecule has 0 aromatic heterocycles. The summed E-state index contributed by atoms with van der Waals surface area (Å²) >= 11 is 0. The molecule has 2 heterocycles. The van der Waals surface area contributed by atoms with Gasteiger partial charge in [-0.1, -0.05) is 12.1 Å². The lowest BCUT2D eigenvalue weighted by Gasteiger charge is -2.45. The second kappa shape index (κ2) is 11.7. The maximum Gasteiger partial charge on any atom is 0.191 e. The molecule has 1 aromatic carbocycles. The molecule has 0 radical (unpaired) electrons. The summed E-state index contributed by atoms with van der Waals surface area (Å²) in [5, 5.41) is 7.12. The van der Waals surface area contributed by atoms with Crippen LogP contribution < -0.4 is 15.5 Å². The summed E-state index contributed by atoms with van der Waals surface area (Å²) in [6.07, 6.45) is 3.14. The Bertz CT molecular complexity index is 710. The van der Waals surface area contributed by atoms with Gasteiger partial charge >= 0.3 is 0 Å². The number of hydrogen-bond donors (Lipinski definition) is 2. The van der Waals surface area contributed by atoms with E-state index >= 15 is 0 Å². The Morgan fingerprint density at radius 3 is 2.45 bits per heavy atom. The summed E-state index contributed by atoms with van der Waals surface area (Å²) in [6.45, 7) is 16.2. The van der Waals surface area contributed by atoms with Crippen LogP contribution in [0.5, 0.6) is 0 Å². The Labute approximate surface area is 206 Å². The van der Waals surface area contributed by atoms with Crippen molar-refractivity contribution < 1.29 is 4.74 Å². The molecule has 0 amide bonds. The predicted octanol–water partition coefficient (Wildman–Crippen LogP) is 4.02. The van der Waals surface area contributed by atoms with Crippen molar-refractivity contribution in [1.29, 1.82) is 0 Å². The zero-order valence-corrected chi connectivity index (χ0v) is 22.5. The molecule has 2 aliphatic heterocycles. The number of aliphatic imine (C=N–C) groups is 1. The number of morpholine rings is 1. The van der Waals surface area contributed by atoms with Crippen LogP contribution in [0.4, 0.5) is 5.69 Å². The Kier molecular flexibility index (Phi) is 9.89. The molecule has 1 aromatic rings. The topological polar surface area (TPSA) is 52.1 Å². The van der Waals surface area contributed by atoms with Crippen LogP contribution in [0.25, 0.3) is 0 Å². The Hall–Kier alpha value is -1.06. The lowest BCUT2D eigenvalue weighted by molar-refractivity contribution is -0.0946. The molecule has 6 nitrogen and oxygen atoms in total. The number of guanidine groups is 1. The summed E-state index contributed by atoms with van der Waals surface area (Å²) in [5.74, 6) is 0.844. The lowest BCUT2D eigenvalue weighted by Crippen LogP contribution is -2.59. The monoisotopic (exact) mass is 543 g/mol. The summed E-state index contributed by atoms with van der Waals surface area (Å²) in [5.41, 5.74) is 2.64. The molecule has 0 aliphatic carbocycles. The Balaban J connectivity index is 0.00000341. The molecule has 0 spiro atoms. The van der Waals surface area contributed by atoms with Gasteiger partial charge in [0.15, 0.2) is 5.96 Å². The van der Waals surface area contributed by atoms with Gasteiger partial charge in [-0.15, -0.1) is 24.0 Å². The standard InChI is InChI=1S/C24H41N5O.HI/c1-18-15-29(16-19(2)30-18)24(4,5)17-26-23(25-6)27-20(3)21-10-9-11-22(14-21)28-12-7-8-13-28;/h9-11,14,18-20H,7-8,12-13,15-17H2,1-6H3,(H2,25,26,27);1H. The van der Waals surface area contributed by atoms with Crippen LogP contribution in [0, 0.1) is 0 Å². The third-order valence-electron chi connectivity index (χ3n) is 6.38. The number of benzene rings is 1. The first-order chi connectivity index (χ1) is 14.3. The molecule has 3 unspecified atom stereocenters. The minimum Gasteiger partial charge on any atom is -0.373 e. The number of nitrogens with one attached hydrogen (secondary N) is 2. The molecule has 2 saturated heterocycles. The SMILES string of the molecule is CN=C(NCC(C)(C)N1CC(C)OC(C)C1)NC(C)c1cccc(N2CCCC2)c1.I. The van der Waals surface area contributed by atoms with Gasteiger partial charge in [-0.25, -0.2) is 0 Å². The minimum absolute atomic E-state index is 0. The molecule has 2 fully saturated rings. The van der Waals surface area contributed by atoms with Crippen LogP contribution >= 0.6 is 24.0 Å². The van der Waals surface area contributed by atoms with E-state index in [1.807, 2.05) is 7.05 Å². The number of halogens is 1. The number of anilines is 1. The Morgan fingerprint density at radius 2 is 1.84 bits per heavy atom. The number of rotatable bonds is 6. The zero-order chi connectivity index (χ0) is 21.7. The zero-order valence-electron chi connectivity index (χ0n) is 20.1. The lowest BCUT2D eigenvalue weighted by atomic mass is 10.00. The van der Waals surface area contributed by atoms with E-state index in [1.165, 1.54) is 37.2 Å². The van der Waals surface area contributed by atoms with Crippen molar-refractivity contribution in [1.82, 2.24) is 15.5 Å². The highest BCUT2D eigenvalue weighted by atomic mass is 127. The smallest absolute Gasteiger partial charge is 0.191 e. The molecule has 0 saturated carbocycles. The van der Waals surface area contributed by atoms with E-state index in [2.05, 4.69) is 84.3 Å². The predicted molar refractivity (Wildman–Crippen MR) is 142 cm³/mol. The van der Waals surface area contributed by atoms with Gasteiger partial charge in [0.1, 0.15) is 0 Å². The van der Waals surface area contributed by atoms with Crippen molar-refractivity contribution in [3.8, 4) is 0 Å².